The number of aryl methyl sites for hydroxylation is 1. The van der Waals surface area contributed by atoms with Crippen LogP contribution < -0.4 is 16.0 Å². The third-order valence-corrected chi connectivity index (χ3v) is 4.53. The second kappa shape index (κ2) is 8.18. The van der Waals surface area contributed by atoms with Gasteiger partial charge in [-0.15, -0.1) is 0 Å². The molecule has 7 heteroatoms. The van der Waals surface area contributed by atoms with Crippen molar-refractivity contribution in [3.8, 4) is 11.5 Å². The lowest BCUT2D eigenvalue weighted by Gasteiger charge is -2.08. The van der Waals surface area contributed by atoms with Gasteiger partial charge in [0.1, 0.15) is 17.1 Å². The molecule has 2 aromatic heterocycles. The number of aliphatic hydroxyl groups is 1. The summed E-state index contributed by atoms with van der Waals surface area (Å²) in [6.07, 6.45) is 1.54. The number of pyridine rings is 1. The Labute approximate surface area is 172 Å². The number of aliphatic hydroxyl groups excluding tert-OH is 1. The van der Waals surface area contributed by atoms with E-state index in [1.54, 1.807) is 43.5 Å². The van der Waals surface area contributed by atoms with E-state index >= 15 is 0 Å². The number of rotatable bonds is 5. The van der Waals surface area contributed by atoms with Gasteiger partial charge in [0.05, 0.1) is 18.0 Å². The van der Waals surface area contributed by atoms with Crippen molar-refractivity contribution in [2.24, 2.45) is 10.7 Å². The van der Waals surface area contributed by atoms with E-state index in [1.165, 1.54) is 0 Å². The average molecular weight is 401 g/mol. The van der Waals surface area contributed by atoms with Crippen LogP contribution in [-0.2, 0) is 6.61 Å². The minimum absolute atomic E-state index is 0.0757. The van der Waals surface area contributed by atoms with Gasteiger partial charge in [-0.05, 0) is 49.4 Å². The maximum atomic E-state index is 12.0. The van der Waals surface area contributed by atoms with Crippen LogP contribution in [0.25, 0.3) is 11.0 Å². The largest absolute Gasteiger partial charge is 0.457 e. The second-order valence-electron chi connectivity index (χ2n) is 6.62. The number of nitrogens with two attached hydrogens (primary N) is 1. The van der Waals surface area contributed by atoms with Crippen LogP contribution in [0.2, 0.25) is 0 Å². The molecule has 0 saturated heterocycles. The summed E-state index contributed by atoms with van der Waals surface area (Å²) < 4.78 is 11.7. The molecule has 150 valence electrons. The maximum absolute atomic E-state index is 12.0. The Morgan fingerprint density at radius 1 is 1.13 bits per heavy atom. The van der Waals surface area contributed by atoms with Gasteiger partial charge in [-0.1, -0.05) is 18.2 Å². The van der Waals surface area contributed by atoms with Gasteiger partial charge in [0.15, 0.2) is 5.58 Å². The number of primary amides is 1. The average Bonchev–Trinajstić information content (AvgIpc) is 2.76. The van der Waals surface area contributed by atoms with Crippen molar-refractivity contribution in [3.05, 3.63) is 89.2 Å². The zero-order valence-electron chi connectivity index (χ0n) is 16.2. The number of fused-ring (bicyclic) bond motifs is 1. The first-order chi connectivity index (χ1) is 14.5. The Kier molecular flexibility index (Phi) is 5.28. The molecule has 0 bridgehead atoms. The fraction of sp³-hybridized carbons (Fsp3) is 0.0870. The Morgan fingerprint density at radius 3 is 2.50 bits per heavy atom. The van der Waals surface area contributed by atoms with Crippen LogP contribution in [0.5, 0.6) is 11.5 Å². The fourth-order valence-electron chi connectivity index (χ4n) is 3.00. The number of carbonyl (C=O) groups is 1. The van der Waals surface area contributed by atoms with Crippen molar-refractivity contribution < 1.29 is 19.1 Å². The van der Waals surface area contributed by atoms with Crippen LogP contribution in [0.15, 0.2) is 76.3 Å². The van der Waals surface area contributed by atoms with Crippen molar-refractivity contribution >= 4 is 22.6 Å². The van der Waals surface area contributed by atoms with Crippen LogP contribution in [0.1, 0.15) is 21.6 Å². The van der Waals surface area contributed by atoms with Crippen molar-refractivity contribution in [1.82, 2.24) is 4.98 Å². The number of ether oxygens (including phenoxy) is 1. The van der Waals surface area contributed by atoms with Crippen molar-refractivity contribution in [1.29, 1.82) is 0 Å². The third-order valence-electron chi connectivity index (χ3n) is 4.53. The molecule has 0 atom stereocenters. The van der Waals surface area contributed by atoms with E-state index in [9.17, 15) is 9.90 Å². The normalized spacial score (nSPS) is 11.6. The minimum atomic E-state index is -0.679. The van der Waals surface area contributed by atoms with Crippen LogP contribution in [0.3, 0.4) is 0 Å². The molecule has 3 N–H and O–H groups in total. The van der Waals surface area contributed by atoms with E-state index in [0.717, 1.165) is 5.75 Å². The molecule has 0 fully saturated rings. The molecule has 0 aliphatic carbocycles. The molecule has 0 aliphatic rings. The van der Waals surface area contributed by atoms with Crippen molar-refractivity contribution in [2.45, 2.75) is 13.5 Å². The maximum Gasteiger partial charge on any atom is 0.254 e. The fourth-order valence-corrected chi connectivity index (χ4v) is 3.00. The van der Waals surface area contributed by atoms with Gasteiger partial charge in [-0.2, -0.15) is 0 Å². The third kappa shape index (κ3) is 3.92. The number of carbonyl (C=O) groups excluding carboxylic acids is 1. The Balaban J connectivity index is 1.77. The molecule has 0 spiro atoms. The van der Waals surface area contributed by atoms with E-state index < -0.39 is 5.91 Å². The van der Waals surface area contributed by atoms with Gasteiger partial charge in [0.2, 0.25) is 5.55 Å². The standard InChI is InChI=1S/C23H19N3O4/c1-14-21-19(15(13-27)12-25-14)11-20(22(24)28)23(30-21)26-16-7-9-18(10-8-16)29-17-5-3-2-4-6-17/h2-12,27H,13H2,1H3,(H2,24,28). The van der Waals surface area contributed by atoms with Crippen LogP contribution in [-0.4, -0.2) is 16.0 Å². The smallest absolute Gasteiger partial charge is 0.254 e. The Morgan fingerprint density at radius 2 is 1.83 bits per heavy atom. The molecule has 2 aromatic carbocycles. The van der Waals surface area contributed by atoms with Gasteiger partial charge in [-0.25, -0.2) is 4.99 Å². The highest BCUT2D eigenvalue weighted by molar-refractivity contribution is 5.96. The molecule has 30 heavy (non-hydrogen) atoms. The molecular formula is C23H19N3O4. The van der Waals surface area contributed by atoms with E-state index in [1.807, 2.05) is 30.3 Å². The number of benzene rings is 2. The van der Waals surface area contributed by atoms with E-state index in [0.29, 0.717) is 33.7 Å². The van der Waals surface area contributed by atoms with E-state index in [-0.39, 0.29) is 17.7 Å². The van der Waals surface area contributed by atoms with Crippen LogP contribution >= 0.6 is 0 Å². The summed E-state index contributed by atoms with van der Waals surface area (Å²) in [5, 5.41) is 10.1. The summed E-state index contributed by atoms with van der Waals surface area (Å²) in [5.74, 6) is 0.700. The molecule has 0 unspecified atom stereocenters. The molecule has 0 saturated carbocycles. The lowest BCUT2D eigenvalue weighted by molar-refractivity contribution is 0.0996. The van der Waals surface area contributed by atoms with E-state index in [2.05, 4.69) is 9.98 Å². The van der Waals surface area contributed by atoms with Gasteiger partial charge in [-0.3, -0.25) is 9.78 Å². The van der Waals surface area contributed by atoms with Gasteiger partial charge >= 0.3 is 0 Å². The molecule has 4 aromatic rings. The zero-order chi connectivity index (χ0) is 21.1. The summed E-state index contributed by atoms with van der Waals surface area (Å²) >= 11 is 0. The molecule has 0 aliphatic heterocycles. The highest BCUT2D eigenvalue weighted by atomic mass is 16.5. The number of amides is 1. The number of hydrogen-bond donors (Lipinski definition) is 2. The number of nitrogens with zero attached hydrogens (tertiary/aromatic N) is 2. The second-order valence-corrected chi connectivity index (χ2v) is 6.62. The quantitative estimate of drug-likeness (QED) is 0.529. The molecule has 2 heterocycles. The summed E-state index contributed by atoms with van der Waals surface area (Å²) in [7, 11) is 0. The molecular weight excluding hydrogens is 382 g/mol. The van der Waals surface area contributed by atoms with Gasteiger partial charge in [0.25, 0.3) is 5.91 Å². The van der Waals surface area contributed by atoms with Crippen molar-refractivity contribution in [2.75, 3.05) is 0 Å². The summed E-state index contributed by atoms with van der Waals surface area (Å²) in [6.45, 7) is 1.54. The van der Waals surface area contributed by atoms with Crippen LogP contribution in [0.4, 0.5) is 5.69 Å². The molecule has 4 rings (SSSR count). The molecule has 1 amide bonds. The first-order valence-corrected chi connectivity index (χ1v) is 9.26. The lowest BCUT2D eigenvalue weighted by atomic mass is 10.1. The summed E-state index contributed by atoms with van der Waals surface area (Å²) in [6, 6.07) is 18.0. The van der Waals surface area contributed by atoms with Crippen LogP contribution in [0, 0.1) is 6.92 Å². The lowest BCUT2D eigenvalue weighted by Crippen LogP contribution is -2.22. The van der Waals surface area contributed by atoms with Crippen molar-refractivity contribution in [3.63, 3.8) is 0 Å². The zero-order valence-corrected chi connectivity index (χ0v) is 16.2. The topological polar surface area (TPSA) is 111 Å². The monoisotopic (exact) mass is 401 g/mol. The van der Waals surface area contributed by atoms with Gasteiger partial charge < -0.3 is 20.0 Å². The molecule has 7 nitrogen and oxygen atoms in total. The van der Waals surface area contributed by atoms with Gasteiger partial charge in [0, 0.05) is 17.1 Å². The highest BCUT2D eigenvalue weighted by Crippen LogP contribution is 2.24. The highest BCUT2D eigenvalue weighted by Gasteiger charge is 2.14. The number of para-hydroxylation sites is 1. The first-order valence-electron chi connectivity index (χ1n) is 9.26. The Hall–Kier alpha value is -3.97. The van der Waals surface area contributed by atoms with E-state index in [4.69, 9.17) is 14.9 Å². The summed E-state index contributed by atoms with van der Waals surface area (Å²) in [4.78, 5) is 20.7. The summed E-state index contributed by atoms with van der Waals surface area (Å²) in [5.41, 5.74) is 7.88. The number of aromatic nitrogens is 1. The molecule has 0 radical (unpaired) electrons. The Bertz CT molecular complexity index is 1280. The number of hydrogen-bond acceptors (Lipinski definition) is 6. The predicted octanol–water partition coefficient (Wildman–Crippen LogP) is 3.75. The minimum Gasteiger partial charge on any atom is -0.457 e. The SMILES string of the molecule is Cc1ncc(CO)c2cc(C(N)=O)c(=Nc3ccc(Oc4ccccc4)cc3)oc12. The predicted molar refractivity (Wildman–Crippen MR) is 111 cm³/mol. The first kappa shape index (κ1) is 19.4.